The van der Waals surface area contributed by atoms with Gasteiger partial charge in [-0.25, -0.2) is 4.98 Å². The van der Waals surface area contributed by atoms with Crippen molar-refractivity contribution < 1.29 is 0 Å². The highest BCUT2D eigenvalue weighted by atomic mass is 15.1. The molecule has 0 radical (unpaired) electrons. The van der Waals surface area contributed by atoms with Gasteiger partial charge >= 0.3 is 0 Å². The van der Waals surface area contributed by atoms with Crippen LogP contribution < -0.4 is 0 Å². The molecule has 3 nitrogen and oxygen atoms in total. The standard InChI is InChI=1S/C10H13N3/c1-10-11-4-7-13(10)9-8-12-5-2-3-6-12/h2-7H,8-9H2,1H3. The molecule has 13 heavy (non-hydrogen) atoms. The minimum absolute atomic E-state index is 0.987. The predicted octanol–water partition coefficient (Wildman–Crippen LogP) is 1.69. The van der Waals surface area contributed by atoms with E-state index in [-0.39, 0.29) is 0 Å². The van der Waals surface area contributed by atoms with Crippen LogP contribution in [0.3, 0.4) is 0 Å². The molecule has 2 rings (SSSR count). The van der Waals surface area contributed by atoms with E-state index in [0.29, 0.717) is 0 Å². The Morgan fingerprint density at radius 3 is 2.54 bits per heavy atom. The van der Waals surface area contributed by atoms with Gasteiger partial charge in [0.1, 0.15) is 5.82 Å². The van der Waals surface area contributed by atoms with Crippen molar-refractivity contribution in [3.63, 3.8) is 0 Å². The molecule has 0 bridgehead atoms. The summed E-state index contributed by atoms with van der Waals surface area (Å²) in [6, 6.07) is 4.08. The monoisotopic (exact) mass is 175 g/mol. The number of hydrogen-bond acceptors (Lipinski definition) is 1. The summed E-state index contributed by atoms with van der Waals surface area (Å²) < 4.78 is 4.32. The van der Waals surface area contributed by atoms with Crippen LogP contribution in [0.4, 0.5) is 0 Å². The Kier molecular flexibility index (Phi) is 2.17. The maximum absolute atomic E-state index is 4.17. The fourth-order valence-corrected chi connectivity index (χ4v) is 1.38. The second kappa shape index (κ2) is 3.47. The van der Waals surface area contributed by atoms with Crippen LogP contribution in [-0.2, 0) is 13.1 Å². The van der Waals surface area contributed by atoms with E-state index in [9.17, 15) is 0 Å². The smallest absolute Gasteiger partial charge is 0.105 e. The third-order valence-corrected chi connectivity index (χ3v) is 2.19. The molecule has 0 aliphatic carbocycles. The van der Waals surface area contributed by atoms with Gasteiger partial charge in [0.05, 0.1) is 0 Å². The topological polar surface area (TPSA) is 22.8 Å². The van der Waals surface area contributed by atoms with Crippen LogP contribution in [0.2, 0.25) is 0 Å². The minimum atomic E-state index is 0.987. The Labute approximate surface area is 77.6 Å². The van der Waals surface area contributed by atoms with Crippen LogP contribution in [-0.4, -0.2) is 14.1 Å². The molecule has 0 saturated heterocycles. The highest BCUT2D eigenvalue weighted by Gasteiger charge is 1.95. The van der Waals surface area contributed by atoms with Crippen molar-refractivity contribution in [2.45, 2.75) is 20.0 Å². The van der Waals surface area contributed by atoms with Crippen LogP contribution >= 0.6 is 0 Å². The van der Waals surface area contributed by atoms with Crippen molar-refractivity contribution in [3.05, 3.63) is 42.7 Å². The van der Waals surface area contributed by atoms with Crippen LogP contribution in [0.25, 0.3) is 0 Å². The molecule has 0 aliphatic rings. The van der Waals surface area contributed by atoms with Crippen LogP contribution in [0.15, 0.2) is 36.9 Å². The molecule has 2 heterocycles. The first-order valence-corrected chi connectivity index (χ1v) is 4.45. The van der Waals surface area contributed by atoms with Crippen LogP contribution in [0.1, 0.15) is 5.82 Å². The first kappa shape index (κ1) is 8.10. The molecular weight excluding hydrogens is 162 g/mol. The fourth-order valence-electron chi connectivity index (χ4n) is 1.38. The van der Waals surface area contributed by atoms with Gasteiger partial charge in [-0.15, -0.1) is 0 Å². The predicted molar refractivity (Wildman–Crippen MR) is 51.4 cm³/mol. The van der Waals surface area contributed by atoms with E-state index in [4.69, 9.17) is 0 Å². The fraction of sp³-hybridized carbons (Fsp3) is 0.300. The van der Waals surface area contributed by atoms with E-state index in [1.165, 1.54) is 0 Å². The lowest BCUT2D eigenvalue weighted by atomic mass is 10.5. The van der Waals surface area contributed by atoms with Gasteiger partial charge in [-0.05, 0) is 19.1 Å². The molecule has 68 valence electrons. The number of hydrogen-bond donors (Lipinski definition) is 0. The first-order chi connectivity index (χ1) is 6.36. The summed E-state index contributed by atoms with van der Waals surface area (Å²) in [4.78, 5) is 4.17. The summed E-state index contributed by atoms with van der Waals surface area (Å²) in [5, 5.41) is 0. The third kappa shape index (κ3) is 1.80. The highest BCUT2D eigenvalue weighted by Crippen LogP contribution is 1.97. The van der Waals surface area contributed by atoms with E-state index >= 15 is 0 Å². The van der Waals surface area contributed by atoms with Crippen LogP contribution in [0.5, 0.6) is 0 Å². The number of aromatic nitrogens is 3. The minimum Gasteiger partial charge on any atom is -0.352 e. The van der Waals surface area contributed by atoms with Gasteiger partial charge in [-0.3, -0.25) is 0 Å². The van der Waals surface area contributed by atoms with E-state index < -0.39 is 0 Å². The van der Waals surface area contributed by atoms with Crippen molar-refractivity contribution in [2.75, 3.05) is 0 Å². The molecule has 0 unspecified atom stereocenters. The van der Waals surface area contributed by atoms with Gasteiger partial charge in [-0.2, -0.15) is 0 Å². The lowest BCUT2D eigenvalue weighted by Crippen LogP contribution is -2.06. The van der Waals surface area contributed by atoms with Crippen molar-refractivity contribution in [1.29, 1.82) is 0 Å². The quantitative estimate of drug-likeness (QED) is 0.696. The summed E-state index contributed by atoms with van der Waals surface area (Å²) in [7, 11) is 0. The van der Waals surface area contributed by atoms with Gasteiger partial charge in [0.2, 0.25) is 0 Å². The zero-order valence-corrected chi connectivity index (χ0v) is 7.72. The van der Waals surface area contributed by atoms with E-state index in [1.54, 1.807) is 0 Å². The number of aryl methyl sites for hydroxylation is 3. The van der Waals surface area contributed by atoms with Gasteiger partial charge in [0, 0.05) is 37.9 Å². The lowest BCUT2D eigenvalue weighted by molar-refractivity contribution is 0.570. The molecule has 3 heteroatoms. The summed E-state index contributed by atoms with van der Waals surface area (Å²) in [5.74, 6) is 1.08. The molecule has 0 amide bonds. The SMILES string of the molecule is Cc1nccn1CCn1cccc1. The van der Waals surface area contributed by atoms with Crippen molar-refractivity contribution in [3.8, 4) is 0 Å². The van der Waals surface area contributed by atoms with Gasteiger partial charge in [0.15, 0.2) is 0 Å². The Morgan fingerprint density at radius 2 is 1.92 bits per heavy atom. The number of nitrogens with zero attached hydrogens (tertiary/aromatic N) is 3. The van der Waals surface area contributed by atoms with Gasteiger partial charge < -0.3 is 9.13 Å². The first-order valence-electron chi connectivity index (χ1n) is 4.45. The molecule has 0 N–H and O–H groups in total. The van der Waals surface area contributed by atoms with Crippen molar-refractivity contribution >= 4 is 0 Å². The third-order valence-electron chi connectivity index (χ3n) is 2.19. The number of imidazole rings is 1. The Balaban J connectivity index is 1.97. The molecule has 0 fully saturated rings. The summed E-state index contributed by atoms with van der Waals surface area (Å²) in [6.45, 7) is 4.01. The summed E-state index contributed by atoms with van der Waals surface area (Å²) >= 11 is 0. The Hall–Kier alpha value is -1.51. The zero-order chi connectivity index (χ0) is 9.10. The van der Waals surface area contributed by atoms with Crippen molar-refractivity contribution in [1.82, 2.24) is 14.1 Å². The largest absolute Gasteiger partial charge is 0.352 e. The molecule has 0 atom stereocenters. The molecule has 0 saturated carbocycles. The van der Waals surface area contributed by atoms with Gasteiger partial charge in [-0.1, -0.05) is 0 Å². The molecule has 0 aliphatic heterocycles. The second-order valence-electron chi connectivity index (χ2n) is 3.09. The Bertz CT molecular complexity index is 359. The summed E-state index contributed by atoms with van der Waals surface area (Å²) in [5.41, 5.74) is 0. The maximum atomic E-state index is 4.17. The summed E-state index contributed by atoms with van der Waals surface area (Å²) in [6.07, 6.45) is 8.00. The van der Waals surface area contributed by atoms with Gasteiger partial charge in [0.25, 0.3) is 0 Å². The zero-order valence-electron chi connectivity index (χ0n) is 7.72. The highest BCUT2D eigenvalue weighted by molar-refractivity contribution is 4.91. The second-order valence-corrected chi connectivity index (χ2v) is 3.09. The van der Waals surface area contributed by atoms with E-state index in [1.807, 2.05) is 31.5 Å². The average Bonchev–Trinajstić information content (AvgIpc) is 2.72. The van der Waals surface area contributed by atoms with Crippen LogP contribution in [0, 0.1) is 6.92 Å². The van der Waals surface area contributed by atoms with Crippen molar-refractivity contribution in [2.24, 2.45) is 0 Å². The van der Waals surface area contributed by atoms with E-state index in [2.05, 4.69) is 26.5 Å². The molecule has 2 aromatic heterocycles. The normalized spacial score (nSPS) is 10.5. The lowest BCUT2D eigenvalue weighted by Gasteiger charge is -2.05. The number of rotatable bonds is 3. The average molecular weight is 175 g/mol. The van der Waals surface area contributed by atoms with E-state index in [0.717, 1.165) is 18.9 Å². The molecular formula is C10H13N3. The molecule has 2 aromatic rings. The molecule has 0 aromatic carbocycles. The molecule has 0 spiro atoms. The Morgan fingerprint density at radius 1 is 1.15 bits per heavy atom. The maximum Gasteiger partial charge on any atom is 0.105 e.